The van der Waals surface area contributed by atoms with Crippen molar-refractivity contribution < 1.29 is 5.48 Å². The summed E-state index contributed by atoms with van der Waals surface area (Å²) < 4.78 is 29.9. The molecule has 0 aliphatic carbocycles. The van der Waals surface area contributed by atoms with Crippen LogP contribution in [0.1, 0.15) is 29.9 Å². The number of likely N-dealkylation sites (tertiary alicyclic amines) is 1. The van der Waals surface area contributed by atoms with Gasteiger partial charge in [0.2, 0.25) is 0 Å². The molecule has 2 rings (SSSR count). The lowest BCUT2D eigenvalue weighted by atomic mass is 10.1. The van der Waals surface area contributed by atoms with Crippen molar-refractivity contribution in [2.24, 2.45) is 0 Å². The van der Waals surface area contributed by atoms with Gasteiger partial charge in [-0.2, -0.15) is 0 Å². The maximum Gasteiger partial charge on any atom is 0.0639 e. The molecule has 1 saturated heterocycles. The van der Waals surface area contributed by atoms with Gasteiger partial charge in [0.25, 0.3) is 0 Å². The zero-order valence-electron chi connectivity index (χ0n) is 10.8. The molecule has 0 saturated carbocycles. The maximum absolute atomic E-state index is 7.50. The topological polar surface area (TPSA) is 16.1 Å². The third-order valence-corrected chi connectivity index (χ3v) is 2.26. The molecule has 2 heteroatoms. The molecule has 1 aromatic heterocycles. The average Bonchev–Trinajstić information content (AvgIpc) is 2.65. The lowest BCUT2D eigenvalue weighted by Gasteiger charge is -2.18. The van der Waals surface area contributed by atoms with Crippen LogP contribution in [0.4, 0.5) is 0 Å². The molecule has 2 nitrogen and oxygen atoms in total. The first-order valence-corrected chi connectivity index (χ1v) is 4.17. The molecule has 2 heterocycles. The average molecular weight is 166 g/mol. The number of aromatic nitrogens is 1. The zero-order valence-corrected chi connectivity index (χ0v) is 6.83. The summed E-state index contributed by atoms with van der Waals surface area (Å²) in [6.45, 7) is -1.47. The van der Waals surface area contributed by atoms with E-state index in [1.165, 1.54) is 11.1 Å². The van der Waals surface area contributed by atoms with Crippen LogP contribution in [0.2, 0.25) is 0 Å². The van der Waals surface area contributed by atoms with Crippen molar-refractivity contribution in [1.29, 1.82) is 0 Å². The van der Waals surface area contributed by atoms with Crippen LogP contribution in [0.15, 0.2) is 24.5 Å². The highest BCUT2D eigenvalue weighted by molar-refractivity contribution is 5.14. The second-order valence-electron chi connectivity index (χ2n) is 3.07. The molecular formula is C10H14N2. The van der Waals surface area contributed by atoms with Crippen LogP contribution >= 0.6 is 0 Å². The van der Waals surface area contributed by atoms with Gasteiger partial charge in [-0.1, -0.05) is 6.07 Å². The Kier molecular flexibility index (Phi) is 1.18. The molecule has 1 atom stereocenters. The van der Waals surface area contributed by atoms with Crippen LogP contribution in [0.25, 0.3) is 0 Å². The van der Waals surface area contributed by atoms with Gasteiger partial charge in [-0.3, -0.25) is 9.88 Å². The van der Waals surface area contributed by atoms with E-state index < -0.39 is 6.98 Å². The fraction of sp³-hybridized carbons (Fsp3) is 0.500. The van der Waals surface area contributed by atoms with Crippen LogP contribution in [0, 0.1) is 0 Å². The number of pyridine rings is 1. The summed E-state index contributed by atoms with van der Waals surface area (Å²) in [6, 6.07) is 1.90. The first kappa shape index (κ1) is 4.38. The quantitative estimate of drug-likeness (QED) is 0.633. The van der Waals surface area contributed by atoms with Crippen molar-refractivity contribution in [1.82, 2.24) is 9.88 Å². The minimum atomic E-state index is -2.06. The van der Waals surface area contributed by atoms with Gasteiger partial charge in [0.15, 0.2) is 0 Å². The maximum atomic E-state index is 7.50. The highest BCUT2D eigenvalue weighted by Gasteiger charge is 2.21. The molecule has 1 unspecified atom stereocenters. The summed E-state index contributed by atoms with van der Waals surface area (Å²) in [6.07, 6.45) is 4.82. The standard InChI is InChI=1S/C10H14N2/c1-12-7-3-5-10(12)9-4-2-6-11-8-9/h2,4,6,8,10H,3,5,7H2,1H3/i1D3,2D. The molecule has 0 bridgehead atoms. The highest BCUT2D eigenvalue weighted by Crippen LogP contribution is 2.29. The van der Waals surface area contributed by atoms with Crippen molar-refractivity contribution in [2.75, 3.05) is 13.5 Å². The van der Waals surface area contributed by atoms with Crippen LogP contribution in [0.5, 0.6) is 0 Å². The van der Waals surface area contributed by atoms with E-state index in [2.05, 4.69) is 4.98 Å². The minimum Gasteiger partial charge on any atom is -0.299 e. The summed E-state index contributed by atoms with van der Waals surface area (Å²) >= 11 is 0. The van der Waals surface area contributed by atoms with Crippen molar-refractivity contribution >= 4 is 0 Å². The second kappa shape index (κ2) is 3.23. The first-order valence-electron chi connectivity index (χ1n) is 6.17. The smallest absolute Gasteiger partial charge is 0.0639 e. The molecular weight excluding hydrogens is 148 g/mol. The molecule has 1 aliphatic heterocycles. The van der Waals surface area contributed by atoms with Crippen molar-refractivity contribution in [3.05, 3.63) is 30.1 Å². The summed E-state index contributed by atoms with van der Waals surface area (Å²) in [4.78, 5) is 5.46. The van der Waals surface area contributed by atoms with E-state index in [-0.39, 0.29) is 6.04 Å². The summed E-state index contributed by atoms with van der Waals surface area (Å²) in [5, 5.41) is 0. The van der Waals surface area contributed by atoms with Gasteiger partial charge in [0, 0.05) is 22.5 Å². The second-order valence-corrected chi connectivity index (χ2v) is 3.07. The fourth-order valence-electron chi connectivity index (χ4n) is 1.63. The van der Waals surface area contributed by atoms with Gasteiger partial charge in [0.05, 0.1) is 1.37 Å². The van der Waals surface area contributed by atoms with Gasteiger partial charge >= 0.3 is 0 Å². The number of nitrogens with zero attached hydrogens (tertiary/aromatic N) is 2. The predicted octanol–water partition coefficient (Wildman–Crippen LogP) is 1.85. The van der Waals surface area contributed by atoms with E-state index in [4.69, 9.17) is 5.48 Å². The van der Waals surface area contributed by atoms with Crippen LogP contribution in [-0.2, 0) is 0 Å². The lowest BCUT2D eigenvalue weighted by molar-refractivity contribution is 0.317. The third kappa shape index (κ3) is 1.34. The summed E-state index contributed by atoms with van der Waals surface area (Å²) in [5.74, 6) is 0. The molecule has 1 aliphatic rings. The predicted molar refractivity (Wildman–Crippen MR) is 48.8 cm³/mol. The van der Waals surface area contributed by atoms with Gasteiger partial charge < -0.3 is 0 Å². The molecule has 64 valence electrons. The molecule has 0 N–H and O–H groups in total. The molecule has 0 amide bonds. The van der Waals surface area contributed by atoms with Gasteiger partial charge in [-0.15, -0.1) is 0 Å². The van der Waals surface area contributed by atoms with E-state index in [1.807, 2.05) is 0 Å². The number of rotatable bonds is 1. The monoisotopic (exact) mass is 166 g/mol. The molecule has 0 aromatic carbocycles. The van der Waals surface area contributed by atoms with Crippen molar-refractivity contribution in [3.63, 3.8) is 0 Å². The van der Waals surface area contributed by atoms with E-state index in [0.29, 0.717) is 12.6 Å². The Morgan fingerprint density at radius 2 is 2.83 bits per heavy atom. The van der Waals surface area contributed by atoms with Gasteiger partial charge in [0.1, 0.15) is 0 Å². The largest absolute Gasteiger partial charge is 0.299 e. The third-order valence-electron chi connectivity index (χ3n) is 2.26. The molecule has 12 heavy (non-hydrogen) atoms. The van der Waals surface area contributed by atoms with E-state index in [9.17, 15) is 0 Å². The van der Waals surface area contributed by atoms with Gasteiger partial charge in [-0.25, -0.2) is 0 Å². The Hall–Kier alpha value is -0.890. The lowest BCUT2D eigenvalue weighted by Crippen LogP contribution is -2.17. The zero-order chi connectivity index (χ0) is 11.8. The number of hydrogen-bond acceptors (Lipinski definition) is 2. The highest BCUT2D eigenvalue weighted by atomic mass is 15.1. The van der Waals surface area contributed by atoms with Crippen LogP contribution in [0.3, 0.4) is 0 Å². The first-order chi connectivity index (χ1) is 7.48. The Bertz CT molecular complexity index is 377. The van der Waals surface area contributed by atoms with E-state index in [0.717, 1.165) is 18.4 Å². The molecule has 1 fully saturated rings. The molecule has 0 radical (unpaired) electrons. The van der Waals surface area contributed by atoms with E-state index in [1.54, 1.807) is 12.3 Å². The Morgan fingerprint density at radius 1 is 1.83 bits per heavy atom. The summed E-state index contributed by atoms with van der Waals surface area (Å²) in [5.41, 5.74) is 0.834. The summed E-state index contributed by atoms with van der Waals surface area (Å²) in [7, 11) is 0. The van der Waals surface area contributed by atoms with Crippen molar-refractivity contribution in [3.8, 4) is 0 Å². The van der Waals surface area contributed by atoms with Crippen LogP contribution in [-0.4, -0.2) is 23.4 Å². The van der Waals surface area contributed by atoms with Crippen molar-refractivity contribution in [2.45, 2.75) is 18.9 Å². The number of hydrogen-bond donors (Lipinski definition) is 0. The van der Waals surface area contributed by atoms with Gasteiger partial charge in [-0.05, 0) is 38.0 Å². The van der Waals surface area contributed by atoms with E-state index >= 15 is 0 Å². The SMILES string of the molecule is [2H]c1cncc(C2CCCN2C([2H])([2H])[2H])c1. The molecule has 0 spiro atoms. The Balaban J connectivity index is 2.27. The molecule has 1 aromatic rings. The fourth-order valence-corrected chi connectivity index (χ4v) is 1.63. The Morgan fingerprint density at radius 3 is 3.67 bits per heavy atom. The minimum absolute atomic E-state index is 0.120. The van der Waals surface area contributed by atoms with Crippen LogP contribution < -0.4 is 0 Å². The normalized spacial score (nSPS) is 30.5. The Labute approximate surface area is 78.8 Å².